The third kappa shape index (κ3) is 3.48. The van der Waals surface area contributed by atoms with Crippen molar-refractivity contribution in [3.8, 4) is 0 Å². The van der Waals surface area contributed by atoms with Crippen LogP contribution in [0.25, 0.3) is 10.2 Å². The number of hydrogen-bond acceptors (Lipinski definition) is 6. The smallest absolute Gasteiger partial charge is 0.150 e. The van der Waals surface area contributed by atoms with Crippen LogP contribution in [-0.4, -0.2) is 35.9 Å². The molecule has 146 valence electrons. The first-order chi connectivity index (χ1) is 13.0. The van der Waals surface area contributed by atoms with E-state index in [2.05, 4.69) is 5.32 Å². The molecule has 7 heteroatoms. The summed E-state index contributed by atoms with van der Waals surface area (Å²) in [6, 6.07) is 0.183. The van der Waals surface area contributed by atoms with Crippen LogP contribution in [-0.2, 0) is 22.7 Å². The molecule has 5 nitrogen and oxygen atoms in total. The minimum absolute atomic E-state index is 0.183. The third-order valence-corrected chi connectivity index (χ3v) is 9.17. The molecular formula is C20H27N3O2S2. The Morgan fingerprint density at radius 2 is 1.85 bits per heavy atom. The Morgan fingerprint density at radius 3 is 2.63 bits per heavy atom. The molecule has 2 heterocycles. The Kier molecular flexibility index (Phi) is 4.43. The van der Waals surface area contributed by atoms with Crippen LogP contribution in [0.4, 0.5) is 5.82 Å². The highest BCUT2D eigenvalue weighted by atomic mass is 32.2. The lowest BCUT2D eigenvalue weighted by molar-refractivity contribution is 0.452. The number of sulfone groups is 1. The molecule has 3 aliphatic carbocycles. The molecule has 0 spiro atoms. The van der Waals surface area contributed by atoms with Gasteiger partial charge in [0.05, 0.1) is 10.6 Å². The van der Waals surface area contributed by atoms with Crippen molar-refractivity contribution in [1.29, 1.82) is 0 Å². The first-order valence-corrected chi connectivity index (χ1v) is 13.0. The Hall–Kier alpha value is -1.21. The van der Waals surface area contributed by atoms with E-state index < -0.39 is 9.84 Å². The van der Waals surface area contributed by atoms with E-state index in [1.54, 1.807) is 0 Å². The molecule has 2 aromatic rings. The van der Waals surface area contributed by atoms with Crippen LogP contribution in [0.15, 0.2) is 0 Å². The fourth-order valence-electron chi connectivity index (χ4n) is 4.66. The summed E-state index contributed by atoms with van der Waals surface area (Å²) in [5.74, 6) is 2.48. The van der Waals surface area contributed by atoms with Gasteiger partial charge in [-0.25, -0.2) is 18.4 Å². The predicted molar refractivity (Wildman–Crippen MR) is 111 cm³/mol. The summed E-state index contributed by atoms with van der Waals surface area (Å²) in [6.07, 6.45) is 12.0. The standard InChI is InChI=1S/C20H27N3O2S2/c1-27(24,25)14-6-4-5-13(11-14)21-19-17-15-7-2-3-8-16(15)26-20(17)23-18(22-19)12-9-10-12/h12-14H,2-11H2,1H3,(H,21,22,23). The number of rotatable bonds is 4. The second-order valence-corrected chi connectivity index (χ2v) is 12.0. The highest BCUT2D eigenvalue weighted by molar-refractivity contribution is 7.91. The molecule has 2 saturated carbocycles. The molecule has 2 fully saturated rings. The molecule has 2 aromatic heterocycles. The van der Waals surface area contributed by atoms with Crippen LogP contribution in [0.1, 0.15) is 73.5 Å². The van der Waals surface area contributed by atoms with Gasteiger partial charge in [0, 0.05) is 23.1 Å². The van der Waals surface area contributed by atoms with Crippen LogP contribution in [0.5, 0.6) is 0 Å². The van der Waals surface area contributed by atoms with E-state index >= 15 is 0 Å². The van der Waals surface area contributed by atoms with Crippen LogP contribution in [0, 0.1) is 0 Å². The van der Waals surface area contributed by atoms with Crippen molar-refractivity contribution in [2.24, 2.45) is 0 Å². The largest absolute Gasteiger partial charge is 0.367 e. The van der Waals surface area contributed by atoms with Gasteiger partial charge in [0.25, 0.3) is 0 Å². The summed E-state index contributed by atoms with van der Waals surface area (Å²) in [6.45, 7) is 0. The molecule has 27 heavy (non-hydrogen) atoms. The molecule has 0 aliphatic heterocycles. The number of aryl methyl sites for hydroxylation is 2. The van der Waals surface area contributed by atoms with Gasteiger partial charge in [-0.3, -0.25) is 0 Å². The molecule has 0 saturated heterocycles. The first kappa shape index (κ1) is 17.9. The molecule has 2 unspecified atom stereocenters. The van der Waals surface area contributed by atoms with Gasteiger partial charge in [0.1, 0.15) is 26.3 Å². The molecule has 2 atom stereocenters. The number of thiophene rings is 1. The number of nitrogens with zero attached hydrogens (tertiary/aromatic N) is 2. The first-order valence-electron chi connectivity index (χ1n) is 10.3. The maximum atomic E-state index is 12.0. The molecule has 0 bridgehead atoms. The molecule has 3 aliphatic rings. The van der Waals surface area contributed by atoms with Crippen LogP contribution >= 0.6 is 11.3 Å². The van der Waals surface area contributed by atoms with Crippen molar-refractivity contribution < 1.29 is 8.42 Å². The van der Waals surface area contributed by atoms with Crippen molar-refractivity contribution in [1.82, 2.24) is 9.97 Å². The summed E-state index contributed by atoms with van der Waals surface area (Å²) in [7, 11) is -2.98. The lowest BCUT2D eigenvalue weighted by Gasteiger charge is -2.29. The minimum atomic E-state index is -2.98. The zero-order valence-electron chi connectivity index (χ0n) is 15.8. The Bertz CT molecular complexity index is 979. The third-order valence-electron chi connectivity index (χ3n) is 6.35. The summed E-state index contributed by atoms with van der Waals surface area (Å²) < 4.78 is 24.1. The lowest BCUT2D eigenvalue weighted by Crippen LogP contribution is -2.34. The highest BCUT2D eigenvalue weighted by Gasteiger charge is 2.32. The molecule has 0 amide bonds. The zero-order valence-corrected chi connectivity index (χ0v) is 17.5. The quantitative estimate of drug-likeness (QED) is 0.825. The number of hydrogen-bond donors (Lipinski definition) is 1. The molecule has 0 radical (unpaired) electrons. The van der Waals surface area contributed by atoms with Gasteiger partial charge in [0.15, 0.2) is 0 Å². The number of anilines is 1. The van der Waals surface area contributed by atoms with E-state index in [4.69, 9.17) is 9.97 Å². The average Bonchev–Trinajstić information content (AvgIpc) is 3.41. The predicted octanol–water partition coefficient (Wildman–Crippen LogP) is 4.22. The maximum Gasteiger partial charge on any atom is 0.150 e. The second-order valence-electron chi connectivity index (χ2n) is 8.56. The van der Waals surface area contributed by atoms with E-state index in [1.807, 2.05) is 11.3 Å². The maximum absolute atomic E-state index is 12.0. The Morgan fingerprint density at radius 1 is 1.04 bits per heavy atom. The summed E-state index contributed by atoms with van der Waals surface area (Å²) in [4.78, 5) is 12.5. The van der Waals surface area contributed by atoms with Gasteiger partial charge in [-0.15, -0.1) is 11.3 Å². The Balaban J connectivity index is 1.52. The van der Waals surface area contributed by atoms with Crippen LogP contribution in [0.3, 0.4) is 0 Å². The normalized spacial score (nSPS) is 26.1. The van der Waals surface area contributed by atoms with Crippen LogP contribution in [0.2, 0.25) is 0 Å². The SMILES string of the molecule is CS(=O)(=O)C1CCCC(Nc2nc(C3CC3)nc3sc4c(c23)CCCC4)C1. The summed E-state index contributed by atoms with van der Waals surface area (Å²) >= 11 is 1.85. The van der Waals surface area contributed by atoms with Crippen molar-refractivity contribution >= 4 is 37.2 Å². The van der Waals surface area contributed by atoms with Crippen molar-refractivity contribution in [2.45, 2.75) is 81.4 Å². The fraction of sp³-hybridized carbons (Fsp3) is 0.700. The fourth-order valence-corrected chi connectivity index (χ4v) is 7.11. The Labute approximate surface area is 164 Å². The van der Waals surface area contributed by atoms with E-state index in [9.17, 15) is 8.42 Å². The molecule has 5 rings (SSSR count). The van der Waals surface area contributed by atoms with E-state index in [0.29, 0.717) is 12.3 Å². The lowest BCUT2D eigenvalue weighted by atomic mass is 9.94. The monoisotopic (exact) mass is 405 g/mol. The minimum Gasteiger partial charge on any atom is -0.367 e. The number of fused-ring (bicyclic) bond motifs is 3. The van der Waals surface area contributed by atoms with Gasteiger partial charge in [-0.1, -0.05) is 6.42 Å². The summed E-state index contributed by atoms with van der Waals surface area (Å²) in [5.41, 5.74) is 1.45. The van der Waals surface area contributed by atoms with Gasteiger partial charge in [0.2, 0.25) is 0 Å². The van der Waals surface area contributed by atoms with Crippen molar-refractivity contribution in [2.75, 3.05) is 11.6 Å². The van der Waals surface area contributed by atoms with Crippen LogP contribution < -0.4 is 5.32 Å². The van der Waals surface area contributed by atoms with E-state index in [-0.39, 0.29) is 11.3 Å². The number of nitrogens with one attached hydrogen (secondary N) is 1. The molecule has 1 N–H and O–H groups in total. The van der Waals surface area contributed by atoms with Crippen molar-refractivity contribution in [3.63, 3.8) is 0 Å². The summed E-state index contributed by atoms with van der Waals surface area (Å²) in [5, 5.41) is 4.68. The van der Waals surface area contributed by atoms with Crippen molar-refractivity contribution in [3.05, 3.63) is 16.3 Å². The van der Waals surface area contributed by atoms with Gasteiger partial charge in [-0.2, -0.15) is 0 Å². The topological polar surface area (TPSA) is 72.0 Å². The van der Waals surface area contributed by atoms with Gasteiger partial charge in [-0.05, 0) is 63.4 Å². The second kappa shape index (κ2) is 6.69. The van der Waals surface area contributed by atoms with Gasteiger partial charge < -0.3 is 5.32 Å². The van der Waals surface area contributed by atoms with Gasteiger partial charge >= 0.3 is 0 Å². The zero-order chi connectivity index (χ0) is 18.6. The number of aromatic nitrogens is 2. The highest BCUT2D eigenvalue weighted by Crippen LogP contribution is 2.43. The average molecular weight is 406 g/mol. The van der Waals surface area contributed by atoms with E-state index in [0.717, 1.165) is 48.6 Å². The molecule has 0 aromatic carbocycles. The molecular weight excluding hydrogens is 378 g/mol. The van der Waals surface area contributed by atoms with E-state index in [1.165, 1.54) is 47.8 Å².